The fourth-order valence-electron chi connectivity index (χ4n) is 2.25. The molecule has 1 atom stereocenters. The standard InChI is InChI=1S/C17H27NO2/c1-4-5-6-7-8-9-17(20)18(3)14(2)15-10-12-16(19)13-11-15/h10-14,19H,4-9H2,1-3H3. The number of carbonyl (C=O) groups excluding carboxylic acids is 1. The van der Waals surface area contributed by atoms with Gasteiger partial charge in [-0.1, -0.05) is 44.7 Å². The smallest absolute Gasteiger partial charge is 0.222 e. The van der Waals surface area contributed by atoms with Crippen LogP contribution in [0.3, 0.4) is 0 Å². The summed E-state index contributed by atoms with van der Waals surface area (Å²) in [7, 11) is 1.85. The van der Waals surface area contributed by atoms with Crippen molar-refractivity contribution in [3.63, 3.8) is 0 Å². The van der Waals surface area contributed by atoms with Gasteiger partial charge in [0.25, 0.3) is 0 Å². The Hall–Kier alpha value is -1.51. The molecule has 112 valence electrons. The van der Waals surface area contributed by atoms with Crippen LogP contribution in [-0.2, 0) is 4.79 Å². The van der Waals surface area contributed by atoms with Crippen molar-refractivity contribution in [2.24, 2.45) is 0 Å². The van der Waals surface area contributed by atoms with Crippen LogP contribution in [0.4, 0.5) is 0 Å². The fourth-order valence-corrected chi connectivity index (χ4v) is 2.25. The summed E-state index contributed by atoms with van der Waals surface area (Å²) in [6.07, 6.45) is 6.45. The molecule has 20 heavy (non-hydrogen) atoms. The topological polar surface area (TPSA) is 40.5 Å². The molecule has 0 radical (unpaired) electrons. The molecule has 0 saturated carbocycles. The Morgan fingerprint density at radius 3 is 2.35 bits per heavy atom. The number of hydrogen-bond donors (Lipinski definition) is 1. The van der Waals surface area contributed by atoms with Crippen LogP contribution in [0.25, 0.3) is 0 Å². The molecule has 1 unspecified atom stereocenters. The number of amides is 1. The van der Waals surface area contributed by atoms with Crippen molar-refractivity contribution in [3.05, 3.63) is 29.8 Å². The maximum atomic E-state index is 12.1. The van der Waals surface area contributed by atoms with Crippen LogP contribution in [0.15, 0.2) is 24.3 Å². The lowest BCUT2D eigenvalue weighted by Gasteiger charge is -2.25. The van der Waals surface area contributed by atoms with Crippen LogP contribution >= 0.6 is 0 Å². The summed E-state index contributed by atoms with van der Waals surface area (Å²) in [5, 5.41) is 9.29. The minimum absolute atomic E-state index is 0.0405. The first-order valence-electron chi connectivity index (χ1n) is 7.60. The summed E-state index contributed by atoms with van der Waals surface area (Å²) < 4.78 is 0. The quantitative estimate of drug-likeness (QED) is 0.721. The predicted molar refractivity (Wildman–Crippen MR) is 82.7 cm³/mol. The van der Waals surface area contributed by atoms with Crippen molar-refractivity contribution >= 4 is 5.91 Å². The number of benzene rings is 1. The minimum atomic E-state index is 0.0405. The zero-order valence-electron chi connectivity index (χ0n) is 12.9. The van der Waals surface area contributed by atoms with Gasteiger partial charge in [0.15, 0.2) is 0 Å². The maximum absolute atomic E-state index is 12.1. The molecule has 0 bridgehead atoms. The van der Waals surface area contributed by atoms with E-state index in [9.17, 15) is 9.90 Å². The largest absolute Gasteiger partial charge is 0.508 e. The first-order chi connectivity index (χ1) is 9.56. The number of unbranched alkanes of at least 4 members (excludes halogenated alkanes) is 4. The Bertz CT molecular complexity index is 400. The van der Waals surface area contributed by atoms with Crippen molar-refractivity contribution in [1.29, 1.82) is 0 Å². The second kappa shape index (κ2) is 8.62. The Morgan fingerprint density at radius 1 is 1.15 bits per heavy atom. The SMILES string of the molecule is CCCCCCCC(=O)N(C)C(C)c1ccc(O)cc1. The Balaban J connectivity index is 2.41. The van der Waals surface area contributed by atoms with Crippen molar-refractivity contribution < 1.29 is 9.90 Å². The summed E-state index contributed by atoms with van der Waals surface area (Å²) in [6.45, 7) is 4.21. The van der Waals surface area contributed by atoms with E-state index >= 15 is 0 Å². The van der Waals surface area contributed by atoms with Crippen molar-refractivity contribution in [3.8, 4) is 5.75 Å². The van der Waals surface area contributed by atoms with Crippen LogP contribution in [0.2, 0.25) is 0 Å². The van der Waals surface area contributed by atoms with Gasteiger partial charge in [0, 0.05) is 13.5 Å². The highest BCUT2D eigenvalue weighted by Gasteiger charge is 2.16. The minimum Gasteiger partial charge on any atom is -0.508 e. The second-order valence-corrected chi connectivity index (χ2v) is 5.44. The highest BCUT2D eigenvalue weighted by atomic mass is 16.3. The van der Waals surface area contributed by atoms with E-state index in [0.717, 1.165) is 18.4 Å². The van der Waals surface area contributed by atoms with E-state index in [-0.39, 0.29) is 17.7 Å². The Kier molecular flexibility index (Phi) is 7.13. The van der Waals surface area contributed by atoms with Gasteiger partial charge >= 0.3 is 0 Å². The van der Waals surface area contributed by atoms with Crippen molar-refractivity contribution in [1.82, 2.24) is 4.90 Å². The van der Waals surface area contributed by atoms with Gasteiger partial charge in [-0.2, -0.15) is 0 Å². The molecule has 1 aromatic rings. The number of aromatic hydroxyl groups is 1. The maximum Gasteiger partial charge on any atom is 0.222 e. The number of phenolic OH excluding ortho intramolecular Hbond substituents is 1. The summed E-state index contributed by atoms with van der Waals surface area (Å²) >= 11 is 0. The van der Waals surface area contributed by atoms with Gasteiger partial charge < -0.3 is 10.0 Å². The molecule has 0 aromatic heterocycles. The fraction of sp³-hybridized carbons (Fsp3) is 0.588. The average Bonchev–Trinajstić information content (AvgIpc) is 2.46. The highest BCUT2D eigenvalue weighted by Crippen LogP contribution is 2.22. The summed E-state index contributed by atoms with van der Waals surface area (Å²) in [5.74, 6) is 0.452. The number of rotatable bonds is 8. The molecule has 3 nitrogen and oxygen atoms in total. The van der Waals surface area contributed by atoms with E-state index in [4.69, 9.17) is 0 Å². The van der Waals surface area contributed by atoms with Gasteiger partial charge in [-0.15, -0.1) is 0 Å². The molecule has 1 rings (SSSR count). The zero-order valence-corrected chi connectivity index (χ0v) is 12.9. The van der Waals surface area contributed by atoms with Gasteiger partial charge in [0.2, 0.25) is 5.91 Å². The third-order valence-electron chi connectivity index (χ3n) is 3.84. The molecule has 1 aromatic carbocycles. The normalized spacial score (nSPS) is 12.2. The van der Waals surface area contributed by atoms with Crippen molar-refractivity contribution in [2.75, 3.05) is 7.05 Å². The van der Waals surface area contributed by atoms with Gasteiger partial charge in [0.1, 0.15) is 5.75 Å². The first-order valence-corrected chi connectivity index (χ1v) is 7.60. The predicted octanol–water partition coefficient (Wildman–Crippen LogP) is 4.27. The molecule has 0 aliphatic heterocycles. The lowest BCUT2D eigenvalue weighted by molar-refractivity contribution is -0.131. The van der Waals surface area contributed by atoms with Gasteiger partial charge in [-0.3, -0.25) is 4.79 Å². The third-order valence-corrected chi connectivity index (χ3v) is 3.84. The lowest BCUT2D eigenvalue weighted by atomic mass is 10.1. The van der Waals surface area contributed by atoms with Crippen LogP contribution in [0.5, 0.6) is 5.75 Å². The molecule has 1 N–H and O–H groups in total. The van der Waals surface area contributed by atoms with Crippen molar-refractivity contribution in [2.45, 2.75) is 58.4 Å². The van der Waals surface area contributed by atoms with E-state index in [2.05, 4.69) is 6.92 Å². The number of carbonyl (C=O) groups is 1. The second-order valence-electron chi connectivity index (χ2n) is 5.44. The molecule has 0 fully saturated rings. The van der Waals surface area contributed by atoms with Crippen LogP contribution in [-0.4, -0.2) is 23.0 Å². The molecule has 0 aliphatic rings. The molecule has 0 aliphatic carbocycles. The molecule has 0 spiro atoms. The van der Waals surface area contributed by atoms with E-state index in [1.165, 1.54) is 19.3 Å². The molecular formula is C17H27NO2. The van der Waals surface area contributed by atoms with E-state index < -0.39 is 0 Å². The molecule has 0 saturated heterocycles. The number of hydrogen-bond acceptors (Lipinski definition) is 2. The summed E-state index contributed by atoms with van der Waals surface area (Å²) in [6, 6.07) is 7.10. The summed E-state index contributed by atoms with van der Waals surface area (Å²) in [4.78, 5) is 13.9. The van der Waals surface area contributed by atoms with Gasteiger partial charge in [-0.05, 0) is 31.0 Å². The molecule has 1 amide bonds. The Morgan fingerprint density at radius 2 is 1.75 bits per heavy atom. The Labute approximate surface area is 122 Å². The number of nitrogens with zero attached hydrogens (tertiary/aromatic N) is 1. The summed E-state index contributed by atoms with van der Waals surface area (Å²) in [5.41, 5.74) is 1.05. The number of phenols is 1. The first kappa shape index (κ1) is 16.5. The molecule has 3 heteroatoms. The van der Waals surface area contributed by atoms with Gasteiger partial charge in [-0.25, -0.2) is 0 Å². The zero-order chi connectivity index (χ0) is 15.0. The molecular weight excluding hydrogens is 250 g/mol. The van der Waals surface area contributed by atoms with E-state index in [1.54, 1.807) is 17.0 Å². The van der Waals surface area contributed by atoms with Crippen LogP contribution < -0.4 is 0 Å². The van der Waals surface area contributed by atoms with E-state index in [1.807, 2.05) is 26.1 Å². The molecule has 0 heterocycles. The van der Waals surface area contributed by atoms with E-state index in [0.29, 0.717) is 6.42 Å². The highest BCUT2D eigenvalue weighted by molar-refractivity contribution is 5.76. The van der Waals surface area contributed by atoms with Crippen LogP contribution in [0.1, 0.15) is 64.0 Å². The third kappa shape index (κ3) is 5.24. The van der Waals surface area contributed by atoms with Crippen LogP contribution in [0, 0.1) is 0 Å². The monoisotopic (exact) mass is 277 g/mol. The van der Waals surface area contributed by atoms with Gasteiger partial charge in [0.05, 0.1) is 6.04 Å². The lowest BCUT2D eigenvalue weighted by Crippen LogP contribution is -2.29. The average molecular weight is 277 g/mol.